The molecule has 1 amide bonds. The molecule has 198 valence electrons. The zero-order valence-corrected chi connectivity index (χ0v) is 22.4. The number of ether oxygens (including phenoxy) is 2. The van der Waals surface area contributed by atoms with E-state index in [9.17, 15) is 9.59 Å². The van der Waals surface area contributed by atoms with Crippen molar-refractivity contribution in [2.24, 2.45) is 0 Å². The van der Waals surface area contributed by atoms with E-state index in [1.165, 1.54) is 0 Å². The average Bonchev–Trinajstić information content (AvgIpc) is 3.46. The fourth-order valence-electron chi connectivity index (χ4n) is 4.59. The van der Waals surface area contributed by atoms with Crippen LogP contribution in [-0.2, 0) is 4.74 Å². The van der Waals surface area contributed by atoms with E-state index in [1.807, 2.05) is 51.1 Å². The largest absolute Gasteiger partial charge is 0.457 e. The first-order valence-corrected chi connectivity index (χ1v) is 12.9. The molecule has 2 aromatic carbocycles. The van der Waals surface area contributed by atoms with Crippen LogP contribution < -0.4 is 4.74 Å². The predicted molar refractivity (Wildman–Crippen MR) is 148 cm³/mol. The Kier molecular flexibility index (Phi) is 6.03. The fraction of sp³-hybridized carbons (Fsp3) is 0.241. The van der Waals surface area contributed by atoms with Crippen LogP contribution >= 0.6 is 11.6 Å². The Morgan fingerprint density at radius 3 is 2.54 bits per heavy atom. The number of imidazole rings is 1. The first kappa shape index (κ1) is 24.9. The lowest BCUT2D eigenvalue weighted by atomic mass is 10.0. The van der Waals surface area contributed by atoms with Crippen LogP contribution in [0.15, 0.2) is 60.9 Å². The molecule has 2 N–H and O–H groups in total. The summed E-state index contributed by atoms with van der Waals surface area (Å²) >= 11 is 6.54. The van der Waals surface area contributed by atoms with Crippen LogP contribution in [0.4, 0.5) is 4.79 Å². The molecule has 0 unspecified atom stereocenters. The average molecular weight is 544 g/mol. The van der Waals surface area contributed by atoms with E-state index in [4.69, 9.17) is 26.1 Å². The SMILES string of the molecule is CC(C)(C)OC(=O)N1CC(c2nc3c(cnc4[nH]cc(C(=O)c5ccc(Oc6ccccc6)cc5Cl)c43)[nH]2)C1. The zero-order chi connectivity index (χ0) is 27.3. The van der Waals surface area contributed by atoms with Crippen LogP contribution in [-0.4, -0.2) is 55.4 Å². The molecular weight excluding hydrogens is 518 g/mol. The van der Waals surface area contributed by atoms with Gasteiger partial charge in [0.15, 0.2) is 5.78 Å². The molecule has 5 aromatic rings. The second-order valence-electron chi connectivity index (χ2n) is 10.5. The van der Waals surface area contributed by atoms with Crippen LogP contribution in [0.25, 0.3) is 22.1 Å². The van der Waals surface area contributed by atoms with E-state index in [2.05, 4.69) is 15.0 Å². The molecule has 4 heterocycles. The molecular formula is C29H26ClN5O4. The number of amides is 1. The van der Waals surface area contributed by atoms with Gasteiger partial charge in [0.2, 0.25) is 0 Å². The van der Waals surface area contributed by atoms with Crippen molar-refractivity contribution in [2.75, 3.05) is 13.1 Å². The molecule has 0 spiro atoms. The second kappa shape index (κ2) is 9.43. The number of halogens is 1. The number of hydrogen-bond acceptors (Lipinski definition) is 6. The van der Waals surface area contributed by atoms with E-state index in [1.54, 1.807) is 35.5 Å². The van der Waals surface area contributed by atoms with E-state index in [0.29, 0.717) is 57.8 Å². The molecule has 1 fully saturated rings. The van der Waals surface area contributed by atoms with Crippen molar-refractivity contribution in [2.45, 2.75) is 32.3 Å². The summed E-state index contributed by atoms with van der Waals surface area (Å²) in [6.45, 7) is 6.52. The van der Waals surface area contributed by atoms with Gasteiger partial charge >= 0.3 is 6.09 Å². The number of ketones is 1. The lowest BCUT2D eigenvalue weighted by Gasteiger charge is -2.38. The number of carbonyl (C=O) groups is 2. The van der Waals surface area contributed by atoms with Gasteiger partial charge in [0, 0.05) is 30.9 Å². The summed E-state index contributed by atoms with van der Waals surface area (Å²) in [6.07, 6.45) is 2.98. The summed E-state index contributed by atoms with van der Waals surface area (Å²) in [4.78, 5) is 43.3. The Morgan fingerprint density at radius 1 is 1.05 bits per heavy atom. The van der Waals surface area contributed by atoms with Gasteiger partial charge in [-0.1, -0.05) is 29.8 Å². The van der Waals surface area contributed by atoms with Crippen LogP contribution in [0.1, 0.15) is 48.4 Å². The minimum absolute atomic E-state index is 0.0321. The molecule has 0 aliphatic carbocycles. The number of carbonyl (C=O) groups excluding carboxylic acids is 2. The monoisotopic (exact) mass is 543 g/mol. The molecule has 0 saturated carbocycles. The van der Waals surface area contributed by atoms with Gasteiger partial charge in [0.1, 0.15) is 34.1 Å². The number of pyridine rings is 1. The van der Waals surface area contributed by atoms with Gasteiger partial charge in [-0.15, -0.1) is 0 Å². The van der Waals surface area contributed by atoms with Gasteiger partial charge in [-0.05, 0) is 45.0 Å². The molecule has 1 aliphatic rings. The molecule has 9 nitrogen and oxygen atoms in total. The maximum atomic E-state index is 13.6. The van der Waals surface area contributed by atoms with Gasteiger partial charge in [-0.25, -0.2) is 14.8 Å². The summed E-state index contributed by atoms with van der Waals surface area (Å²) in [5.41, 5.74) is 2.11. The van der Waals surface area contributed by atoms with Gasteiger partial charge in [0.05, 0.1) is 33.6 Å². The van der Waals surface area contributed by atoms with E-state index in [-0.39, 0.29) is 22.8 Å². The molecule has 1 saturated heterocycles. The number of benzene rings is 2. The fourth-order valence-corrected chi connectivity index (χ4v) is 4.84. The number of nitrogens with zero attached hydrogens (tertiary/aromatic N) is 3. The number of likely N-dealkylation sites (tertiary alicyclic amines) is 1. The first-order chi connectivity index (χ1) is 18.7. The van der Waals surface area contributed by atoms with Crippen molar-refractivity contribution < 1.29 is 19.1 Å². The summed E-state index contributed by atoms with van der Waals surface area (Å²) in [5.74, 6) is 1.72. The Hall–Kier alpha value is -4.37. The predicted octanol–water partition coefficient (Wildman–Crippen LogP) is 6.45. The van der Waals surface area contributed by atoms with E-state index in [0.717, 1.165) is 5.82 Å². The Balaban J connectivity index is 1.26. The molecule has 0 bridgehead atoms. The molecule has 3 aromatic heterocycles. The number of nitrogens with one attached hydrogen (secondary N) is 2. The first-order valence-electron chi connectivity index (χ1n) is 12.6. The summed E-state index contributed by atoms with van der Waals surface area (Å²) in [7, 11) is 0. The van der Waals surface area contributed by atoms with Crippen molar-refractivity contribution in [3.63, 3.8) is 0 Å². The number of hydrogen-bond donors (Lipinski definition) is 2. The Morgan fingerprint density at radius 2 is 1.82 bits per heavy atom. The molecule has 39 heavy (non-hydrogen) atoms. The third-order valence-electron chi connectivity index (χ3n) is 6.50. The molecule has 6 rings (SSSR count). The number of H-pyrrole nitrogens is 2. The molecule has 0 atom stereocenters. The number of fused-ring (bicyclic) bond motifs is 3. The minimum atomic E-state index is -0.547. The number of aromatic amines is 2. The maximum Gasteiger partial charge on any atom is 0.410 e. The van der Waals surface area contributed by atoms with Gasteiger partial charge < -0.3 is 24.3 Å². The highest BCUT2D eigenvalue weighted by Gasteiger charge is 2.36. The Bertz CT molecular complexity index is 1710. The quantitative estimate of drug-likeness (QED) is 0.246. The molecule has 10 heteroatoms. The molecule has 0 radical (unpaired) electrons. The number of aromatic nitrogens is 4. The van der Waals surface area contributed by atoms with E-state index >= 15 is 0 Å². The highest BCUT2D eigenvalue weighted by atomic mass is 35.5. The van der Waals surface area contributed by atoms with Crippen molar-refractivity contribution >= 4 is 45.5 Å². The van der Waals surface area contributed by atoms with Crippen molar-refractivity contribution in [1.82, 2.24) is 24.8 Å². The van der Waals surface area contributed by atoms with Crippen molar-refractivity contribution in [3.05, 3.63) is 82.9 Å². The Labute approximate surface area is 229 Å². The third kappa shape index (κ3) is 4.81. The minimum Gasteiger partial charge on any atom is -0.457 e. The number of para-hydroxylation sites is 1. The molecule has 1 aliphatic heterocycles. The highest BCUT2D eigenvalue weighted by Crippen LogP contribution is 2.34. The van der Waals surface area contributed by atoms with Crippen LogP contribution in [0.3, 0.4) is 0 Å². The second-order valence-corrected chi connectivity index (χ2v) is 10.9. The van der Waals surface area contributed by atoms with Crippen molar-refractivity contribution in [3.8, 4) is 11.5 Å². The van der Waals surface area contributed by atoms with Crippen molar-refractivity contribution in [1.29, 1.82) is 0 Å². The number of rotatable bonds is 5. The van der Waals surface area contributed by atoms with Gasteiger partial charge in [0.25, 0.3) is 0 Å². The summed E-state index contributed by atoms with van der Waals surface area (Å²) in [6, 6.07) is 14.3. The zero-order valence-electron chi connectivity index (χ0n) is 21.6. The van der Waals surface area contributed by atoms with Crippen LogP contribution in [0.5, 0.6) is 11.5 Å². The maximum absolute atomic E-state index is 13.6. The lowest BCUT2D eigenvalue weighted by Crippen LogP contribution is -2.50. The lowest BCUT2D eigenvalue weighted by molar-refractivity contribution is 0.00760. The van der Waals surface area contributed by atoms with E-state index < -0.39 is 5.60 Å². The smallest absolute Gasteiger partial charge is 0.410 e. The topological polar surface area (TPSA) is 113 Å². The normalized spacial score (nSPS) is 14.0. The third-order valence-corrected chi connectivity index (χ3v) is 6.81. The highest BCUT2D eigenvalue weighted by molar-refractivity contribution is 6.36. The van der Waals surface area contributed by atoms with Crippen LogP contribution in [0.2, 0.25) is 5.02 Å². The van der Waals surface area contributed by atoms with Crippen LogP contribution in [0, 0.1) is 0 Å². The summed E-state index contributed by atoms with van der Waals surface area (Å²) in [5, 5.41) is 0.895. The van der Waals surface area contributed by atoms with Gasteiger partial charge in [-0.3, -0.25) is 4.79 Å². The van der Waals surface area contributed by atoms with Gasteiger partial charge in [-0.2, -0.15) is 0 Å². The summed E-state index contributed by atoms with van der Waals surface area (Å²) < 4.78 is 11.3. The standard InChI is InChI=1S/C29H26ClN5O4/c1-29(2,3)39-28(37)35-14-16(15-35)26-33-22-13-32-27-23(24(22)34-26)20(12-31-27)25(36)19-10-9-18(11-21(19)30)38-17-7-5-4-6-8-17/h4-13,16H,14-15H2,1-3H3,(H,31,32)(H,33,34).